The highest BCUT2D eigenvalue weighted by Crippen LogP contribution is 2.08. The van der Waals surface area contributed by atoms with Crippen LogP contribution in [-0.2, 0) is 4.79 Å². The molecule has 0 saturated carbocycles. The predicted octanol–water partition coefficient (Wildman–Crippen LogP) is 3.99. The van der Waals surface area contributed by atoms with Crippen LogP contribution < -0.4 is 0 Å². The lowest BCUT2D eigenvalue weighted by atomic mass is 10.1. The molecular formula is C13H25NO. The van der Waals surface area contributed by atoms with Crippen molar-refractivity contribution in [3.8, 4) is 0 Å². The lowest BCUT2D eigenvalue weighted by Crippen LogP contribution is -2.05. The zero-order valence-corrected chi connectivity index (χ0v) is 10.7. The summed E-state index contributed by atoms with van der Waals surface area (Å²) in [6.07, 6.45) is 6.22. The molecule has 0 N–H and O–H groups in total. The fourth-order valence-corrected chi connectivity index (χ4v) is 1.39. The standard InChI is InChI=1S/C13H25NO/c1-5-7-8-9-12(4)14-13(15)10-11(3)6-2/h11H,5-10H2,1-4H3. The number of hydrogen-bond acceptors (Lipinski definition) is 1. The second kappa shape index (κ2) is 8.63. The Balaban J connectivity index is 3.84. The third kappa shape index (κ3) is 8.34. The van der Waals surface area contributed by atoms with E-state index in [2.05, 4.69) is 25.8 Å². The molecule has 15 heavy (non-hydrogen) atoms. The van der Waals surface area contributed by atoms with E-state index in [0.29, 0.717) is 12.3 Å². The summed E-state index contributed by atoms with van der Waals surface area (Å²) in [5, 5.41) is 0. The minimum Gasteiger partial charge on any atom is -0.273 e. The fraction of sp³-hybridized carbons (Fsp3) is 0.846. The number of unbranched alkanes of at least 4 members (excludes halogenated alkanes) is 2. The summed E-state index contributed by atoms with van der Waals surface area (Å²) < 4.78 is 0. The molecule has 0 aromatic heterocycles. The van der Waals surface area contributed by atoms with Crippen LogP contribution in [0.1, 0.15) is 66.2 Å². The SMILES string of the molecule is CCCCCC(C)=NC(=O)CC(C)CC. The van der Waals surface area contributed by atoms with Gasteiger partial charge in [0.25, 0.3) is 0 Å². The van der Waals surface area contributed by atoms with Crippen molar-refractivity contribution in [3.05, 3.63) is 0 Å². The first kappa shape index (κ1) is 14.3. The molecule has 0 saturated heterocycles. The Morgan fingerprint density at radius 3 is 2.47 bits per heavy atom. The van der Waals surface area contributed by atoms with Gasteiger partial charge in [0.05, 0.1) is 0 Å². The van der Waals surface area contributed by atoms with Crippen LogP contribution in [0.15, 0.2) is 4.99 Å². The lowest BCUT2D eigenvalue weighted by Gasteiger charge is -2.04. The largest absolute Gasteiger partial charge is 0.273 e. The molecule has 0 bridgehead atoms. The first-order valence-corrected chi connectivity index (χ1v) is 6.17. The Labute approximate surface area is 94.2 Å². The van der Waals surface area contributed by atoms with E-state index in [-0.39, 0.29) is 5.91 Å². The Kier molecular flexibility index (Phi) is 8.25. The van der Waals surface area contributed by atoms with E-state index in [0.717, 1.165) is 25.0 Å². The molecule has 0 aliphatic rings. The van der Waals surface area contributed by atoms with Gasteiger partial charge in [-0.1, -0.05) is 40.0 Å². The second-order valence-electron chi connectivity index (χ2n) is 4.42. The number of aliphatic imine (C=N–C) groups is 1. The van der Waals surface area contributed by atoms with Gasteiger partial charge < -0.3 is 0 Å². The number of amides is 1. The van der Waals surface area contributed by atoms with Crippen LogP contribution in [0.2, 0.25) is 0 Å². The average Bonchev–Trinajstić information content (AvgIpc) is 2.17. The van der Waals surface area contributed by atoms with Gasteiger partial charge in [-0.3, -0.25) is 4.79 Å². The zero-order chi connectivity index (χ0) is 11.7. The Hall–Kier alpha value is -0.660. The first-order chi connectivity index (χ1) is 7.10. The molecule has 1 unspecified atom stereocenters. The van der Waals surface area contributed by atoms with Crippen LogP contribution >= 0.6 is 0 Å². The number of hydrogen-bond donors (Lipinski definition) is 0. The molecule has 0 radical (unpaired) electrons. The van der Waals surface area contributed by atoms with E-state index >= 15 is 0 Å². The van der Waals surface area contributed by atoms with Crippen molar-refractivity contribution >= 4 is 11.6 Å². The van der Waals surface area contributed by atoms with Crippen LogP contribution in [-0.4, -0.2) is 11.6 Å². The van der Waals surface area contributed by atoms with Crippen LogP contribution in [0, 0.1) is 5.92 Å². The predicted molar refractivity (Wildman–Crippen MR) is 66.3 cm³/mol. The fourth-order valence-electron chi connectivity index (χ4n) is 1.39. The normalized spacial score (nSPS) is 14.0. The van der Waals surface area contributed by atoms with Gasteiger partial charge >= 0.3 is 0 Å². The van der Waals surface area contributed by atoms with Gasteiger partial charge in [-0.05, 0) is 25.7 Å². The molecule has 88 valence electrons. The van der Waals surface area contributed by atoms with Gasteiger partial charge in [0.2, 0.25) is 5.91 Å². The van der Waals surface area contributed by atoms with E-state index in [1.807, 2.05) is 6.92 Å². The summed E-state index contributed by atoms with van der Waals surface area (Å²) in [5.74, 6) is 0.517. The molecule has 0 spiro atoms. The van der Waals surface area contributed by atoms with E-state index in [9.17, 15) is 4.79 Å². The molecule has 0 aromatic carbocycles. The van der Waals surface area contributed by atoms with Gasteiger partial charge in [-0.2, -0.15) is 0 Å². The molecule has 0 aliphatic carbocycles. The van der Waals surface area contributed by atoms with Gasteiger partial charge in [-0.15, -0.1) is 0 Å². The molecule has 0 aliphatic heterocycles. The van der Waals surface area contributed by atoms with Crippen molar-refractivity contribution in [1.82, 2.24) is 0 Å². The van der Waals surface area contributed by atoms with Gasteiger partial charge in [-0.25, -0.2) is 4.99 Å². The van der Waals surface area contributed by atoms with Crippen molar-refractivity contribution in [3.63, 3.8) is 0 Å². The molecule has 1 amide bonds. The topological polar surface area (TPSA) is 29.4 Å². The number of carbonyl (C=O) groups excluding carboxylic acids is 1. The summed E-state index contributed by atoms with van der Waals surface area (Å²) >= 11 is 0. The first-order valence-electron chi connectivity index (χ1n) is 6.17. The van der Waals surface area contributed by atoms with Gasteiger partial charge in [0.15, 0.2) is 0 Å². The third-order valence-electron chi connectivity index (χ3n) is 2.68. The molecule has 2 heteroatoms. The highest BCUT2D eigenvalue weighted by atomic mass is 16.1. The zero-order valence-electron chi connectivity index (χ0n) is 10.7. The number of rotatable bonds is 7. The molecular weight excluding hydrogens is 186 g/mol. The third-order valence-corrected chi connectivity index (χ3v) is 2.68. The minimum absolute atomic E-state index is 0.0540. The summed E-state index contributed by atoms with van der Waals surface area (Å²) in [6, 6.07) is 0. The second-order valence-corrected chi connectivity index (χ2v) is 4.42. The van der Waals surface area contributed by atoms with E-state index in [1.165, 1.54) is 12.8 Å². The number of carbonyl (C=O) groups is 1. The van der Waals surface area contributed by atoms with Crippen molar-refractivity contribution in [2.45, 2.75) is 66.2 Å². The highest BCUT2D eigenvalue weighted by molar-refractivity contribution is 5.94. The highest BCUT2D eigenvalue weighted by Gasteiger charge is 2.06. The molecule has 0 fully saturated rings. The van der Waals surface area contributed by atoms with Crippen molar-refractivity contribution in [2.75, 3.05) is 0 Å². The maximum absolute atomic E-state index is 11.5. The summed E-state index contributed by atoms with van der Waals surface area (Å²) in [7, 11) is 0. The molecule has 0 rings (SSSR count). The maximum atomic E-state index is 11.5. The van der Waals surface area contributed by atoms with E-state index in [1.54, 1.807) is 0 Å². The van der Waals surface area contributed by atoms with Gasteiger partial charge in [0.1, 0.15) is 0 Å². The van der Waals surface area contributed by atoms with E-state index in [4.69, 9.17) is 0 Å². The van der Waals surface area contributed by atoms with Crippen molar-refractivity contribution in [2.24, 2.45) is 10.9 Å². The lowest BCUT2D eigenvalue weighted by molar-refractivity contribution is -0.118. The van der Waals surface area contributed by atoms with Crippen LogP contribution in [0.3, 0.4) is 0 Å². The molecule has 0 aromatic rings. The molecule has 2 nitrogen and oxygen atoms in total. The Bertz CT molecular complexity index is 209. The summed E-state index contributed by atoms with van der Waals surface area (Å²) in [6.45, 7) is 8.35. The summed E-state index contributed by atoms with van der Waals surface area (Å²) in [5.41, 5.74) is 0.997. The van der Waals surface area contributed by atoms with Crippen LogP contribution in [0.25, 0.3) is 0 Å². The smallest absolute Gasteiger partial charge is 0.245 e. The van der Waals surface area contributed by atoms with Gasteiger partial charge in [0, 0.05) is 12.1 Å². The van der Waals surface area contributed by atoms with E-state index < -0.39 is 0 Å². The Morgan fingerprint density at radius 2 is 1.93 bits per heavy atom. The molecule has 0 heterocycles. The van der Waals surface area contributed by atoms with Crippen LogP contribution in [0.5, 0.6) is 0 Å². The van der Waals surface area contributed by atoms with Crippen molar-refractivity contribution in [1.29, 1.82) is 0 Å². The quantitative estimate of drug-likeness (QED) is 0.462. The average molecular weight is 211 g/mol. The Morgan fingerprint density at radius 1 is 1.27 bits per heavy atom. The summed E-state index contributed by atoms with van der Waals surface area (Å²) in [4.78, 5) is 15.6. The van der Waals surface area contributed by atoms with Crippen LogP contribution in [0.4, 0.5) is 0 Å². The maximum Gasteiger partial charge on any atom is 0.245 e. The minimum atomic E-state index is 0.0540. The number of nitrogens with zero attached hydrogens (tertiary/aromatic N) is 1. The monoisotopic (exact) mass is 211 g/mol. The van der Waals surface area contributed by atoms with Crippen molar-refractivity contribution < 1.29 is 4.79 Å². The molecule has 1 atom stereocenters.